The number of nitrogens with one attached hydrogen (secondary N) is 1. The molecule has 136 valence electrons. The number of nitrogens with zero attached hydrogens (tertiary/aromatic N) is 1. The van der Waals surface area contributed by atoms with Crippen LogP contribution in [-0.2, 0) is 0 Å². The monoisotopic (exact) mass is 350 g/mol. The molecule has 0 saturated heterocycles. The fourth-order valence-corrected chi connectivity index (χ4v) is 4.23. The smallest absolute Gasteiger partial charge is 0.120 e. The van der Waals surface area contributed by atoms with Crippen LogP contribution < -0.4 is 10.1 Å². The first-order valence-corrected chi connectivity index (χ1v) is 9.48. The summed E-state index contributed by atoms with van der Waals surface area (Å²) in [6, 6.07) is 15.9. The summed E-state index contributed by atoms with van der Waals surface area (Å²) >= 11 is 0. The van der Waals surface area contributed by atoms with E-state index < -0.39 is 0 Å². The van der Waals surface area contributed by atoms with E-state index in [4.69, 9.17) is 9.73 Å². The minimum Gasteiger partial charge on any atom is -0.508 e. The largest absolute Gasteiger partial charge is 0.508 e. The third-order valence-corrected chi connectivity index (χ3v) is 5.61. The summed E-state index contributed by atoms with van der Waals surface area (Å²) in [5, 5.41) is 14.2. The second kappa shape index (κ2) is 7.12. The van der Waals surface area contributed by atoms with Crippen LogP contribution in [0.1, 0.15) is 55.7 Å². The van der Waals surface area contributed by atoms with Crippen molar-refractivity contribution in [1.82, 2.24) is 5.32 Å². The van der Waals surface area contributed by atoms with Crippen molar-refractivity contribution in [3.05, 3.63) is 59.7 Å². The highest BCUT2D eigenvalue weighted by atomic mass is 16.5. The van der Waals surface area contributed by atoms with Gasteiger partial charge in [0.1, 0.15) is 17.2 Å². The maximum atomic E-state index is 10.4. The second-order valence-corrected chi connectivity index (χ2v) is 7.34. The Morgan fingerprint density at radius 1 is 1.04 bits per heavy atom. The highest BCUT2D eigenvalue weighted by molar-refractivity contribution is 6.01. The minimum atomic E-state index is -0.210. The Hall–Kier alpha value is -2.33. The third-order valence-electron chi connectivity index (χ3n) is 5.61. The van der Waals surface area contributed by atoms with Gasteiger partial charge in [0.05, 0.1) is 7.11 Å². The number of phenolic OH excluding ortho intramolecular Hbond substituents is 1. The van der Waals surface area contributed by atoms with Crippen molar-refractivity contribution in [1.29, 1.82) is 0 Å². The van der Waals surface area contributed by atoms with Crippen LogP contribution >= 0.6 is 0 Å². The average molecular weight is 350 g/mol. The molecule has 1 fully saturated rings. The Labute approximate surface area is 154 Å². The summed E-state index contributed by atoms with van der Waals surface area (Å²) in [7, 11) is 1.68. The van der Waals surface area contributed by atoms with Crippen LogP contribution in [-0.4, -0.2) is 23.6 Å². The first-order chi connectivity index (χ1) is 12.7. The quantitative estimate of drug-likeness (QED) is 0.851. The molecular formula is C22H26N2O2. The molecule has 1 heterocycles. The molecule has 26 heavy (non-hydrogen) atoms. The molecule has 4 heteroatoms. The number of benzene rings is 2. The van der Waals surface area contributed by atoms with Gasteiger partial charge in [-0.15, -0.1) is 0 Å². The maximum absolute atomic E-state index is 10.4. The van der Waals surface area contributed by atoms with Crippen LogP contribution in [0.2, 0.25) is 0 Å². The maximum Gasteiger partial charge on any atom is 0.120 e. The fourth-order valence-electron chi connectivity index (χ4n) is 4.23. The molecule has 0 amide bonds. The van der Waals surface area contributed by atoms with Gasteiger partial charge < -0.3 is 9.84 Å². The highest BCUT2D eigenvalue weighted by Gasteiger charge is 2.38. The molecule has 2 aliphatic rings. The van der Waals surface area contributed by atoms with Crippen LogP contribution in [0, 0.1) is 0 Å². The van der Waals surface area contributed by atoms with Gasteiger partial charge in [-0.2, -0.15) is 0 Å². The van der Waals surface area contributed by atoms with Gasteiger partial charge in [0, 0.05) is 23.7 Å². The molecular weight excluding hydrogens is 324 g/mol. The number of methoxy groups -OCH3 is 1. The lowest BCUT2D eigenvalue weighted by molar-refractivity contribution is 0.206. The molecule has 0 bridgehead atoms. The predicted octanol–water partition coefficient (Wildman–Crippen LogP) is 4.58. The summed E-state index contributed by atoms with van der Waals surface area (Å²) < 4.78 is 5.29. The van der Waals surface area contributed by atoms with E-state index in [2.05, 4.69) is 17.4 Å². The molecule has 2 N–H and O–H groups in total. The van der Waals surface area contributed by atoms with Crippen molar-refractivity contribution < 1.29 is 9.84 Å². The third kappa shape index (κ3) is 3.34. The Balaban J connectivity index is 1.72. The van der Waals surface area contributed by atoms with Gasteiger partial charge in [0.25, 0.3) is 0 Å². The normalized spacial score (nSPS) is 22.0. The number of aliphatic imine (C=N–C) groups is 1. The van der Waals surface area contributed by atoms with E-state index in [0.717, 1.165) is 41.9 Å². The van der Waals surface area contributed by atoms with Gasteiger partial charge in [-0.05, 0) is 61.6 Å². The number of para-hydroxylation sites is 1. The van der Waals surface area contributed by atoms with Crippen LogP contribution in [0.5, 0.6) is 11.5 Å². The van der Waals surface area contributed by atoms with E-state index in [0.29, 0.717) is 5.75 Å². The number of phenols is 1. The van der Waals surface area contributed by atoms with E-state index in [-0.39, 0.29) is 11.7 Å². The number of hydrogen-bond donors (Lipinski definition) is 2. The van der Waals surface area contributed by atoms with Crippen molar-refractivity contribution in [2.75, 3.05) is 7.11 Å². The lowest BCUT2D eigenvalue weighted by Crippen LogP contribution is -2.51. The Morgan fingerprint density at radius 2 is 1.77 bits per heavy atom. The van der Waals surface area contributed by atoms with Gasteiger partial charge >= 0.3 is 0 Å². The minimum absolute atomic E-state index is 0.0731. The topological polar surface area (TPSA) is 53.8 Å². The van der Waals surface area contributed by atoms with Gasteiger partial charge in [-0.25, -0.2) is 0 Å². The molecule has 0 aromatic heterocycles. The van der Waals surface area contributed by atoms with E-state index in [1.165, 1.54) is 19.3 Å². The number of rotatable bonds is 3. The number of hydrogen-bond acceptors (Lipinski definition) is 4. The predicted molar refractivity (Wildman–Crippen MR) is 104 cm³/mol. The molecule has 1 aliphatic carbocycles. The van der Waals surface area contributed by atoms with E-state index in [1.54, 1.807) is 13.2 Å². The first kappa shape index (κ1) is 17.1. The molecule has 4 nitrogen and oxygen atoms in total. The van der Waals surface area contributed by atoms with Gasteiger partial charge in [0.15, 0.2) is 0 Å². The Kier molecular flexibility index (Phi) is 4.68. The molecule has 1 unspecified atom stereocenters. The Morgan fingerprint density at radius 3 is 2.46 bits per heavy atom. The molecule has 1 aliphatic heterocycles. The molecule has 1 spiro atoms. The van der Waals surface area contributed by atoms with Gasteiger partial charge in [-0.1, -0.05) is 24.6 Å². The SMILES string of the molecule is COc1ccc(C2=NC3(CCCCC3)NC(c3ccccc3O)C2)cc1. The van der Waals surface area contributed by atoms with E-state index >= 15 is 0 Å². The summed E-state index contributed by atoms with van der Waals surface area (Å²) in [5.74, 6) is 1.21. The van der Waals surface area contributed by atoms with Gasteiger partial charge in [-0.3, -0.25) is 10.3 Å². The van der Waals surface area contributed by atoms with Gasteiger partial charge in [0.2, 0.25) is 0 Å². The molecule has 2 aromatic carbocycles. The van der Waals surface area contributed by atoms with Crippen molar-refractivity contribution in [3.63, 3.8) is 0 Å². The zero-order chi connectivity index (χ0) is 18.0. The summed E-state index contributed by atoms with van der Waals surface area (Å²) in [6.45, 7) is 0. The van der Waals surface area contributed by atoms with Crippen molar-refractivity contribution in [2.24, 2.45) is 4.99 Å². The summed E-state index contributed by atoms with van der Waals surface area (Å²) in [6.07, 6.45) is 6.54. The van der Waals surface area contributed by atoms with Crippen molar-refractivity contribution in [2.45, 2.75) is 50.2 Å². The standard InChI is InChI=1S/C22H26N2O2/c1-26-17-11-9-16(10-12-17)19-15-20(18-7-3-4-8-21(18)25)24-22(23-19)13-5-2-6-14-22/h3-4,7-12,20,24-25H,2,5-6,13-15H2,1H3. The fraction of sp³-hybridized carbons (Fsp3) is 0.409. The molecule has 4 rings (SSSR count). The molecule has 0 radical (unpaired) electrons. The van der Waals surface area contributed by atoms with Crippen LogP contribution in [0.3, 0.4) is 0 Å². The van der Waals surface area contributed by atoms with Crippen LogP contribution in [0.15, 0.2) is 53.5 Å². The van der Waals surface area contributed by atoms with E-state index in [1.807, 2.05) is 30.3 Å². The molecule has 1 atom stereocenters. The lowest BCUT2D eigenvalue weighted by Gasteiger charge is -2.42. The average Bonchev–Trinajstić information content (AvgIpc) is 2.68. The van der Waals surface area contributed by atoms with Crippen molar-refractivity contribution in [3.8, 4) is 11.5 Å². The first-order valence-electron chi connectivity index (χ1n) is 9.48. The zero-order valence-corrected chi connectivity index (χ0v) is 15.2. The summed E-state index contributed by atoms with van der Waals surface area (Å²) in [5.41, 5.74) is 3.00. The van der Waals surface area contributed by atoms with Crippen LogP contribution in [0.25, 0.3) is 0 Å². The van der Waals surface area contributed by atoms with E-state index in [9.17, 15) is 5.11 Å². The molecule has 1 saturated carbocycles. The second-order valence-electron chi connectivity index (χ2n) is 7.34. The zero-order valence-electron chi connectivity index (χ0n) is 15.2. The van der Waals surface area contributed by atoms with Crippen LogP contribution in [0.4, 0.5) is 0 Å². The summed E-state index contributed by atoms with van der Waals surface area (Å²) in [4.78, 5) is 5.19. The number of ether oxygens (including phenoxy) is 1. The number of aromatic hydroxyl groups is 1. The van der Waals surface area contributed by atoms with Crippen molar-refractivity contribution >= 4 is 5.71 Å². The highest BCUT2D eigenvalue weighted by Crippen LogP contribution is 2.39. The lowest BCUT2D eigenvalue weighted by atomic mass is 9.84. The molecule has 2 aromatic rings. The Bertz CT molecular complexity index is 792.